The highest BCUT2D eigenvalue weighted by Crippen LogP contribution is 2.33. The first-order valence-corrected chi connectivity index (χ1v) is 8.10. The van der Waals surface area contributed by atoms with Crippen molar-refractivity contribution >= 4 is 5.82 Å². The molecule has 3 rings (SSSR count). The van der Waals surface area contributed by atoms with Crippen molar-refractivity contribution < 1.29 is 5.11 Å². The molecule has 1 N–H and O–H groups in total. The molecule has 0 spiro atoms. The highest BCUT2D eigenvalue weighted by Gasteiger charge is 2.28. The molecule has 0 aromatic carbocycles. The summed E-state index contributed by atoms with van der Waals surface area (Å²) in [4.78, 5) is 11.6. The van der Waals surface area contributed by atoms with Gasteiger partial charge in [-0.05, 0) is 51.4 Å². The molecule has 0 bridgehead atoms. The van der Waals surface area contributed by atoms with E-state index in [0.29, 0.717) is 6.04 Å². The van der Waals surface area contributed by atoms with Gasteiger partial charge < -0.3 is 10.0 Å². The van der Waals surface area contributed by atoms with Crippen LogP contribution in [0.4, 0.5) is 5.82 Å². The van der Waals surface area contributed by atoms with Crippen LogP contribution in [0.3, 0.4) is 0 Å². The van der Waals surface area contributed by atoms with Crippen LogP contribution in [0.2, 0.25) is 0 Å². The molecule has 110 valence electrons. The van der Waals surface area contributed by atoms with E-state index in [1.165, 1.54) is 49.8 Å². The van der Waals surface area contributed by atoms with E-state index in [0.717, 1.165) is 31.6 Å². The van der Waals surface area contributed by atoms with Crippen LogP contribution < -0.4 is 4.90 Å². The number of aliphatic hydroxyl groups is 1. The summed E-state index contributed by atoms with van der Waals surface area (Å²) in [6.45, 7) is 1.18. The number of aromatic nitrogens is 2. The molecular formula is C16H25N3O. The van der Waals surface area contributed by atoms with Crippen LogP contribution in [-0.2, 0) is 12.8 Å². The lowest BCUT2D eigenvalue weighted by Gasteiger charge is -2.39. The van der Waals surface area contributed by atoms with Gasteiger partial charge in [-0.2, -0.15) is 0 Å². The monoisotopic (exact) mass is 275 g/mol. The van der Waals surface area contributed by atoms with E-state index in [-0.39, 0.29) is 6.61 Å². The van der Waals surface area contributed by atoms with Gasteiger partial charge in [0, 0.05) is 30.5 Å². The molecule has 1 aromatic heterocycles. The molecule has 1 aromatic rings. The van der Waals surface area contributed by atoms with Crippen LogP contribution in [0.5, 0.6) is 0 Å². The summed E-state index contributed by atoms with van der Waals surface area (Å²) in [5.41, 5.74) is 2.65. The van der Waals surface area contributed by atoms with E-state index < -0.39 is 0 Å². The van der Waals surface area contributed by atoms with E-state index in [1.54, 1.807) is 6.33 Å². The minimum atomic E-state index is 0.260. The quantitative estimate of drug-likeness (QED) is 0.839. The minimum Gasteiger partial charge on any atom is -0.396 e. The van der Waals surface area contributed by atoms with Crippen molar-refractivity contribution in [1.82, 2.24) is 9.97 Å². The molecule has 20 heavy (non-hydrogen) atoms. The summed E-state index contributed by atoms with van der Waals surface area (Å²) in [7, 11) is 0. The molecule has 0 radical (unpaired) electrons. The Kier molecular flexibility index (Phi) is 4.51. The van der Waals surface area contributed by atoms with E-state index in [1.807, 2.05) is 0 Å². The zero-order valence-corrected chi connectivity index (χ0v) is 12.2. The second-order valence-electron chi connectivity index (χ2n) is 6.04. The van der Waals surface area contributed by atoms with E-state index in [9.17, 15) is 0 Å². The topological polar surface area (TPSA) is 49.2 Å². The number of rotatable bonds is 5. The Morgan fingerprint density at radius 3 is 2.70 bits per heavy atom. The summed E-state index contributed by atoms with van der Waals surface area (Å²) >= 11 is 0. The number of fused-ring (bicyclic) bond motifs is 1. The van der Waals surface area contributed by atoms with Crippen LogP contribution in [-0.4, -0.2) is 34.3 Å². The highest BCUT2D eigenvalue weighted by molar-refractivity contribution is 5.50. The lowest BCUT2D eigenvalue weighted by molar-refractivity contribution is 0.282. The van der Waals surface area contributed by atoms with Crippen molar-refractivity contribution in [2.45, 2.75) is 63.8 Å². The van der Waals surface area contributed by atoms with Gasteiger partial charge in [0.15, 0.2) is 0 Å². The van der Waals surface area contributed by atoms with Crippen LogP contribution >= 0.6 is 0 Å². The molecule has 0 unspecified atom stereocenters. The third kappa shape index (κ3) is 2.80. The Balaban J connectivity index is 1.89. The number of hydrogen-bond acceptors (Lipinski definition) is 4. The fraction of sp³-hybridized carbons (Fsp3) is 0.750. The van der Waals surface area contributed by atoms with Gasteiger partial charge in [0.2, 0.25) is 0 Å². The van der Waals surface area contributed by atoms with Crippen molar-refractivity contribution in [1.29, 1.82) is 0 Å². The number of anilines is 1. The van der Waals surface area contributed by atoms with Crippen LogP contribution in [0.25, 0.3) is 0 Å². The van der Waals surface area contributed by atoms with Crippen molar-refractivity contribution in [2.75, 3.05) is 18.1 Å². The molecule has 0 saturated heterocycles. The van der Waals surface area contributed by atoms with Crippen molar-refractivity contribution in [3.8, 4) is 0 Å². The predicted molar refractivity (Wildman–Crippen MR) is 80.0 cm³/mol. The smallest absolute Gasteiger partial charge is 0.135 e. The molecule has 2 aliphatic carbocycles. The first-order chi connectivity index (χ1) is 9.90. The SMILES string of the molecule is OCCCN(c1ncnc2c1CCCCC2)C1CCC1. The van der Waals surface area contributed by atoms with E-state index in [2.05, 4.69) is 14.9 Å². The second-order valence-corrected chi connectivity index (χ2v) is 6.04. The van der Waals surface area contributed by atoms with Gasteiger partial charge in [0.1, 0.15) is 12.1 Å². The van der Waals surface area contributed by atoms with Crippen molar-refractivity contribution in [3.05, 3.63) is 17.6 Å². The van der Waals surface area contributed by atoms with Gasteiger partial charge in [0.05, 0.1) is 0 Å². The summed E-state index contributed by atoms with van der Waals surface area (Å²) < 4.78 is 0. The maximum absolute atomic E-state index is 9.16. The maximum Gasteiger partial charge on any atom is 0.135 e. The van der Waals surface area contributed by atoms with Crippen LogP contribution in [0.15, 0.2) is 6.33 Å². The molecule has 2 aliphatic rings. The molecule has 0 amide bonds. The normalized spacial score (nSPS) is 19.1. The van der Waals surface area contributed by atoms with Crippen LogP contribution in [0.1, 0.15) is 56.2 Å². The number of aryl methyl sites for hydroxylation is 1. The van der Waals surface area contributed by atoms with Gasteiger partial charge in [0.25, 0.3) is 0 Å². The number of hydrogen-bond donors (Lipinski definition) is 1. The fourth-order valence-electron chi connectivity index (χ4n) is 3.33. The lowest BCUT2D eigenvalue weighted by atomic mass is 9.90. The molecule has 4 nitrogen and oxygen atoms in total. The zero-order chi connectivity index (χ0) is 13.8. The summed E-state index contributed by atoms with van der Waals surface area (Å²) in [5.74, 6) is 1.16. The minimum absolute atomic E-state index is 0.260. The third-order valence-electron chi connectivity index (χ3n) is 4.70. The Bertz CT molecular complexity index is 445. The fourth-order valence-corrected chi connectivity index (χ4v) is 3.33. The molecule has 1 saturated carbocycles. The Hall–Kier alpha value is -1.16. The Morgan fingerprint density at radius 1 is 1.10 bits per heavy atom. The molecule has 0 atom stereocenters. The lowest BCUT2D eigenvalue weighted by Crippen LogP contribution is -2.42. The van der Waals surface area contributed by atoms with Gasteiger partial charge >= 0.3 is 0 Å². The largest absolute Gasteiger partial charge is 0.396 e. The summed E-state index contributed by atoms with van der Waals surface area (Å²) in [5, 5.41) is 9.16. The van der Waals surface area contributed by atoms with Crippen LogP contribution in [0, 0.1) is 0 Å². The standard InChI is InChI=1S/C16H25N3O/c20-11-5-10-19(13-6-4-7-13)16-14-8-2-1-3-9-15(14)17-12-18-16/h12-13,20H,1-11H2. The number of aliphatic hydroxyl groups excluding tert-OH is 1. The van der Waals surface area contributed by atoms with E-state index in [4.69, 9.17) is 5.11 Å². The average molecular weight is 275 g/mol. The van der Waals surface area contributed by atoms with Gasteiger partial charge in [-0.25, -0.2) is 9.97 Å². The Morgan fingerprint density at radius 2 is 1.95 bits per heavy atom. The molecule has 0 aliphatic heterocycles. The zero-order valence-electron chi connectivity index (χ0n) is 12.2. The molecule has 1 fully saturated rings. The van der Waals surface area contributed by atoms with Gasteiger partial charge in [-0.3, -0.25) is 0 Å². The number of nitrogens with zero attached hydrogens (tertiary/aromatic N) is 3. The van der Waals surface area contributed by atoms with Gasteiger partial charge in [-0.15, -0.1) is 0 Å². The summed E-state index contributed by atoms with van der Waals surface area (Å²) in [6, 6.07) is 0.629. The molecular weight excluding hydrogens is 250 g/mol. The molecule has 4 heteroatoms. The van der Waals surface area contributed by atoms with E-state index >= 15 is 0 Å². The second kappa shape index (κ2) is 6.53. The van der Waals surface area contributed by atoms with Crippen molar-refractivity contribution in [2.24, 2.45) is 0 Å². The molecule has 1 heterocycles. The maximum atomic E-state index is 9.16. The first-order valence-electron chi connectivity index (χ1n) is 8.10. The Labute approximate surface area is 121 Å². The van der Waals surface area contributed by atoms with Crippen molar-refractivity contribution in [3.63, 3.8) is 0 Å². The van der Waals surface area contributed by atoms with Gasteiger partial charge in [-0.1, -0.05) is 6.42 Å². The third-order valence-corrected chi connectivity index (χ3v) is 4.70. The highest BCUT2D eigenvalue weighted by atomic mass is 16.3. The summed E-state index contributed by atoms with van der Waals surface area (Å²) in [6.07, 6.45) is 12.5. The first kappa shape index (κ1) is 13.8. The predicted octanol–water partition coefficient (Wildman–Crippen LogP) is 2.49. The average Bonchev–Trinajstić information content (AvgIpc) is 2.66.